The van der Waals surface area contributed by atoms with E-state index in [1.165, 1.54) is 5.56 Å². The molecule has 3 aromatic rings. The van der Waals surface area contributed by atoms with Gasteiger partial charge in [0.25, 0.3) is 0 Å². The van der Waals surface area contributed by atoms with Crippen LogP contribution in [0.5, 0.6) is 5.75 Å². The number of rotatable bonds is 6. The molecule has 1 aromatic heterocycles. The van der Waals surface area contributed by atoms with E-state index in [0.717, 1.165) is 33.6 Å². The molecule has 0 spiro atoms. The molecule has 0 atom stereocenters. The predicted octanol–water partition coefficient (Wildman–Crippen LogP) is 4.40. The normalized spacial score (nSPS) is 11.3. The second-order valence-corrected chi connectivity index (χ2v) is 6.59. The molecule has 0 aliphatic carbocycles. The average molecular weight is 374 g/mol. The quantitative estimate of drug-likeness (QED) is 0.672. The summed E-state index contributed by atoms with van der Waals surface area (Å²) in [5.41, 5.74) is 3.27. The molecule has 0 unspecified atom stereocenters. The zero-order chi connectivity index (χ0) is 16.2. The molecule has 1 heterocycles. The third-order valence-electron chi connectivity index (χ3n) is 3.42. The molecule has 4 nitrogen and oxygen atoms in total. The molecule has 0 saturated carbocycles. The number of ether oxygens (including phenoxy) is 1. The lowest BCUT2D eigenvalue weighted by Gasteiger charge is -2.12. The molecule has 2 N–H and O–H groups in total. The highest BCUT2D eigenvalue weighted by Gasteiger charge is 2.05. The van der Waals surface area contributed by atoms with Gasteiger partial charge in [0.2, 0.25) is 0 Å². The van der Waals surface area contributed by atoms with Crippen LogP contribution in [0, 0.1) is 0 Å². The van der Waals surface area contributed by atoms with Crippen molar-refractivity contribution in [3.63, 3.8) is 0 Å². The molecule has 0 radical (unpaired) electrons. The van der Waals surface area contributed by atoms with Gasteiger partial charge in [-0.05, 0) is 59.6 Å². The zero-order valence-electron chi connectivity index (χ0n) is 13.3. The highest BCUT2D eigenvalue weighted by atomic mass is 79.9. The van der Waals surface area contributed by atoms with E-state index in [0.29, 0.717) is 6.54 Å². The number of H-pyrrole nitrogens is 1. The van der Waals surface area contributed by atoms with Gasteiger partial charge in [0, 0.05) is 6.54 Å². The van der Waals surface area contributed by atoms with Crippen LogP contribution in [-0.4, -0.2) is 16.1 Å². The van der Waals surface area contributed by atoms with Crippen molar-refractivity contribution in [2.75, 3.05) is 0 Å². The number of nitrogens with zero attached hydrogens (tertiary/aromatic N) is 1. The average Bonchev–Trinajstić information content (AvgIpc) is 2.92. The number of halogens is 1. The first-order valence-electron chi connectivity index (χ1n) is 7.71. The number of nitrogens with one attached hydrogen (secondary N) is 2. The standard InChI is InChI=1S/C18H20BrN3O/c1-12(2)23-17-8-7-13(9-14(17)19)10-20-11-18-21-15-5-3-4-6-16(15)22-18/h3-9,12,20H,10-11H2,1-2H3,(H,21,22). The van der Waals surface area contributed by atoms with Crippen LogP contribution in [0.25, 0.3) is 11.0 Å². The second kappa shape index (κ2) is 7.15. The van der Waals surface area contributed by atoms with Gasteiger partial charge < -0.3 is 15.0 Å². The lowest BCUT2D eigenvalue weighted by Crippen LogP contribution is -2.14. The first-order valence-corrected chi connectivity index (χ1v) is 8.50. The van der Waals surface area contributed by atoms with Crippen molar-refractivity contribution in [1.82, 2.24) is 15.3 Å². The summed E-state index contributed by atoms with van der Waals surface area (Å²) in [7, 11) is 0. The highest BCUT2D eigenvalue weighted by Crippen LogP contribution is 2.26. The number of aromatic amines is 1. The molecular formula is C18H20BrN3O. The van der Waals surface area contributed by atoms with Crippen LogP contribution in [0.3, 0.4) is 0 Å². The first kappa shape index (κ1) is 16.0. The van der Waals surface area contributed by atoms with Crippen LogP contribution in [-0.2, 0) is 13.1 Å². The van der Waals surface area contributed by atoms with Crippen LogP contribution < -0.4 is 10.1 Å². The maximum absolute atomic E-state index is 5.73. The van der Waals surface area contributed by atoms with Gasteiger partial charge >= 0.3 is 0 Å². The molecule has 0 fully saturated rings. The van der Waals surface area contributed by atoms with E-state index in [4.69, 9.17) is 4.74 Å². The van der Waals surface area contributed by atoms with Crippen molar-refractivity contribution < 1.29 is 4.74 Å². The Morgan fingerprint density at radius 2 is 2.00 bits per heavy atom. The highest BCUT2D eigenvalue weighted by molar-refractivity contribution is 9.10. The number of para-hydroxylation sites is 2. The summed E-state index contributed by atoms with van der Waals surface area (Å²) in [5.74, 6) is 1.83. The molecule has 0 aliphatic rings. The van der Waals surface area contributed by atoms with E-state index < -0.39 is 0 Å². The molecule has 5 heteroatoms. The Morgan fingerprint density at radius 3 is 2.74 bits per heavy atom. The summed E-state index contributed by atoms with van der Waals surface area (Å²) in [4.78, 5) is 7.88. The van der Waals surface area contributed by atoms with Crippen molar-refractivity contribution in [2.45, 2.75) is 33.0 Å². The number of fused-ring (bicyclic) bond motifs is 1. The van der Waals surface area contributed by atoms with Gasteiger partial charge in [0.05, 0.1) is 28.2 Å². The van der Waals surface area contributed by atoms with Gasteiger partial charge in [-0.25, -0.2) is 4.98 Å². The Balaban J connectivity index is 1.59. The molecule has 3 rings (SSSR count). The Labute approximate surface area is 144 Å². The molecule has 120 valence electrons. The maximum Gasteiger partial charge on any atom is 0.133 e. The van der Waals surface area contributed by atoms with Crippen molar-refractivity contribution in [3.8, 4) is 5.75 Å². The summed E-state index contributed by atoms with van der Waals surface area (Å²) >= 11 is 3.56. The molecule has 0 bridgehead atoms. The fourth-order valence-electron chi connectivity index (χ4n) is 2.42. The minimum Gasteiger partial charge on any atom is -0.490 e. The van der Waals surface area contributed by atoms with Crippen molar-refractivity contribution >= 4 is 27.0 Å². The minimum absolute atomic E-state index is 0.170. The maximum atomic E-state index is 5.73. The topological polar surface area (TPSA) is 49.9 Å². The fourth-order valence-corrected chi connectivity index (χ4v) is 2.94. The summed E-state index contributed by atoms with van der Waals surface area (Å²) in [5, 5.41) is 3.41. The fraction of sp³-hybridized carbons (Fsp3) is 0.278. The monoisotopic (exact) mass is 373 g/mol. The van der Waals surface area contributed by atoms with Gasteiger partial charge in [0.1, 0.15) is 11.6 Å². The van der Waals surface area contributed by atoms with Crippen LogP contribution in [0.2, 0.25) is 0 Å². The Hall–Kier alpha value is -1.85. The molecule has 2 aromatic carbocycles. The van der Waals surface area contributed by atoms with Gasteiger partial charge in [0.15, 0.2) is 0 Å². The Bertz CT molecular complexity index is 765. The number of imidazole rings is 1. The number of hydrogen-bond donors (Lipinski definition) is 2. The van der Waals surface area contributed by atoms with E-state index in [1.54, 1.807) is 0 Å². The smallest absolute Gasteiger partial charge is 0.133 e. The van der Waals surface area contributed by atoms with E-state index in [-0.39, 0.29) is 6.10 Å². The van der Waals surface area contributed by atoms with Crippen LogP contribution in [0.15, 0.2) is 46.9 Å². The third-order valence-corrected chi connectivity index (χ3v) is 4.04. The summed E-state index contributed by atoms with van der Waals surface area (Å²) in [6.45, 7) is 5.53. The number of aromatic nitrogens is 2. The lowest BCUT2D eigenvalue weighted by atomic mass is 10.2. The summed E-state index contributed by atoms with van der Waals surface area (Å²) in [6, 6.07) is 14.2. The zero-order valence-corrected chi connectivity index (χ0v) is 14.9. The molecule has 23 heavy (non-hydrogen) atoms. The first-order chi connectivity index (χ1) is 11.1. The predicted molar refractivity (Wildman–Crippen MR) is 96.5 cm³/mol. The molecular weight excluding hydrogens is 354 g/mol. The SMILES string of the molecule is CC(C)Oc1ccc(CNCc2nc3ccccc3[nH]2)cc1Br. The summed E-state index contributed by atoms with van der Waals surface area (Å²) in [6.07, 6.45) is 0.170. The Kier molecular flexibility index (Phi) is 4.98. The van der Waals surface area contributed by atoms with E-state index in [9.17, 15) is 0 Å². The second-order valence-electron chi connectivity index (χ2n) is 5.74. The third kappa shape index (κ3) is 4.12. The molecule has 0 aliphatic heterocycles. The van der Waals surface area contributed by atoms with Gasteiger partial charge in [-0.3, -0.25) is 0 Å². The van der Waals surface area contributed by atoms with E-state index in [1.807, 2.05) is 44.2 Å². The Morgan fingerprint density at radius 1 is 1.17 bits per heavy atom. The van der Waals surface area contributed by atoms with Crippen LogP contribution >= 0.6 is 15.9 Å². The molecule has 0 saturated heterocycles. The van der Waals surface area contributed by atoms with Crippen LogP contribution in [0.1, 0.15) is 25.2 Å². The van der Waals surface area contributed by atoms with Crippen LogP contribution in [0.4, 0.5) is 0 Å². The van der Waals surface area contributed by atoms with Crippen molar-refractivity contribution in [2.24, 2.45) is 0 Å². The van der Waals surface area contributed by atoms with E-state index >= 15 is 0 Å². The number of hydrogen-bond acceptors (Lipinski definition) is 3. The van der Waals surface area contributed by atoms with Gasteiger partial charge in [-0.15, -0.1) is 0 Å². The molecule has 0 amide bonds. The number of benzene rings is 2. The van der Waals surface area contributed by atoms with Crippen molar-refractivity contribution in [1.29, 1.82) is 0 Å². The minimum atomic E-state index is 0.170. The van der Waals surface area contributed by atoms with Gasteiger partial charge in [-0.1, -0.05) is 18.2 Å². The van der Waals surface area contributed by atoms with Gasteiger partial charge in [-0.2, -0.15) is 0 Å². The summed E-state index contributed by atoms with van der Waals surface area (Å²) < 4.78 is 6.71. The van der Waals surface area contributed by atoms with E-state index in [2.05, 4.69) is 43.3 Å². The lowest BCUT2D eigenvalue weighted by molar-refractivity contribution is 0.241. The largest absolute Gasteiger partial charge is 0.490 e. The van der Waals surface area contributed by atoms with Crippen molar-refractivity contribution in [3.05, 3.63) is 58.3 Å².